The lowest BCUT2D eigenvalue weighted by atomic mass is 10.1. The summed E-state index contributed by atoms with van der Waals surface area (Å²) in [6, 6.07) is 12.1. The zero-order valence-electron chi connectivity index (χ0n) is 16.9. The molecule has 0 aliphatic carbocycles. The van der Waals surface area contributed by atoms with Gasteiger partial charge in [-0.3, -0.25) is 0 Å². The van der Waals surface area contributed by atoms with E-state index in [-0.39, 0.29) is 35.0 Å². The SMILES string of the molecule is COc1cc(Cc2cnc(N)nc2N)cc(P(=O)(O)OC#Cc2ccccc2)c1OC. The number of rotatable bonds is 6. The van der Waals surface area contributed by atoms with E-state index in [1.54, 1.807) is 30.3 Å². The van der Waals surface area contributed by atoms with Gasteiger partial charge < -0.3 is 30.4 Å². The van der Waals surface area contributed by atoms with Crippen molar-refractivity contribution in [3.05, 3.63) is 65.4 Å². The van der Waals surface area contributed by atoms with Crippen LogP contribution in [0.15, 0.2) is 48.7 Å². The summed E-state index contributed by atoms with van der Waals surface area (Å²) in [5.41, 5.74) is 13.3. The standard InChI is InChI=1S/C21H21N4O5P/c1-28-17-11-15(10-16-13-24-21(23)25-20(16)22)12-18(19(17)29-2)31(26,27)30-9-8-14-6-4-3-5-7-14/h3-7,11-13H,10H2,1-2H3,(H,26,27)(H4,22,23,24,25). The third-order valence-corrected chi connectivity index (χ3v) is 5.55. The van der Waals surface area contributed by atoms with Gasteiger partial charge >= 0.3 is 7.60 Å². The molecule has 0 saturated carbocycles. The van der Waals surface area contributed by atoms with Crippen LogP contribution in [-0.4, -0.2) is 29.1 Å². The summed E-state index contributed by atoms with van der Waals surface area (Å²) >= 11 is 0. The van der Waals surface area contributed by atoms with E-state index in [2.05, 4.69) is 22.0 Å². The fourth-order valence-corrected chi connectivity index (χ4v) is 3.87. The predicted molar refractivity (Wildman–Crippen MR) is 117 cm³/mol. The average molecular weight is 440 g/mol. The zero-order chi connectivity index (χ0) is 22.4. The highest BCUT2D eigenvalue weighted by Gasteiger charge is 2.31. The number of hydrogen-bond acceptors (Lipinski definition) is 8. The Morgan fingerprint density at radius 2 is 1.87 bits per heavy atom. The molecule has 3 aromatic rings. The van der Waals surface area contributed by atoms with Crippen LogP contribution in [0.25, 0.3) is 0 Å². The number of nitrogen functional groups attached to an aromatic ring is 2. The molecule has 1 unspecified atom stereocenters. The number of nitrogens with zero attached hydrogens (tertiary/aromatic N) is 2. The number of methoxy groups -OCH3 is 2. The van der Waals surface area contributed by atoms with E-state index in [0.29, 0.717) is 16.7 Å². The quantitative estimate of drug-likeness (QED) is 0.388. The molecule has 10 heteroatoms. The molecule has 1 atom stereocenters. The van der Waals surface area contributed by atoms with Gasteiger partial charge in [-0.15, -0.1) is 0 Å². The van der Waals surface area contributed by atoms with Crippen molar-refractivity contribution in [3.63, 3.8) is 0 Å². The van der Waals surface area contributed by atoms with Crippen molar-refractivity contribution in [2.45, 2.75) is 6.42 Å². The summed E-state index contributed by atoms with van der Waals surface area (Å²) in [5.74, 6) is 3.27. The molecule has 160 valence electrons. The van der Waals surface area contributed by atoms with E-state index in [1.165, 1.54) is 26.5 Å². The third kappa shape index (κ3) is 5.25. The smallest absolute Gasteiger partial charge is 0.420 e. The molecule has 1 heterocycles. The summed E-state index contributed by atoms with van der Waals surface area (Å²) in [4.78, 5) is 18.5. The molecule has 0 fully saturated rings. The minimum atomic E-state index is -4.39. The molecule has 9 nitrogen and oxygen atoms in total. The highest BCUT2D eigenvalue weighted by Crippen LogP contribution is 2.46. The molecule has 3 rings (SSSR count). The van der Waals surface area contributed by atoms with Crippen molar-refractivity contribution >= 4 is 24.7 Å². The fourth-order valence-electron chi connectivity index (χ4n) is 2.82. The van der Waals surface area contributed by atoms with E-state index in [1.807, 2.05) is 6.07 Å². The minimum Gasteiger partial charge on any atom is -0.493 e. The molecule has 0 radical (unpaired) electrons. The molecule has 0 aliphatic rings. The first-order valence-electron chi connectivity index (χ1n) is 9.04. The van der Waals surface area contributed by atoms with Gasteiger partial charge in [0, 0.05) is 23.7 Å². The van der Waals surface area contributed by atoms with Gasteiger partial charge in [-0.2, -0.15) is 4.98 Å². The molecular formula is C21H21N4O5P. The second-order valence-corrected chi connectivity index (χ2v) is 8.08. The first kappa shape index (κ1) is 22.0. The van der Waals surface area contributed by atoms with Crippen molar-refractivity contribution in [2.24, 2.45) is 0 Å². The van der Waals surface area contributed by atoms with Crippen molar-refractivity contribution in [1.29, 1.82) is 0 Å². The van der Waals surface area contributed by atoms with E-state index in [9.17, 15) is 9.46 Å². The van der Waals surface area contributed by atoms with Crippen LogP contribution in [0.3, 0.4) is 0 Å². The van der Waals surface area contributed by atoms with Crippen LogP contribution >= 0.6 is 7.60 Å². The Balaban J connectivity index is 1.98. The third-order valence-electron chi connectivity index (χ3n) is 4.27. The van der Waals surface area contributed by atoms with Crippen molar-refractivity contribution in [1.82, 2.24) is 9.97 Å². The maximum absolute atomic E-state index is 13.0. The molecule has 0 saturated heterocycles. The van der Waals surface area contributed by atoms with Gasteiger partial charge in [0.05, 0.1) is 14.2 Å². The normalized spacial score (nSPS) is 12.2. The Labute approximate surface area is 179 Å². The molecule has 2 aromatic carbocycles. The summed E-state index contributed by atoms with van der Waals surface area (Å²) in [6.45, 7) is 0. The Morgan fingerprint density at radius 1 is 1.13 bits per heavy atom. The average Bonchev–Trinajstić information content (AvgIpc) is 2.75. The molecule has 31 heavy (non-hydrogen) atoms. The van der Waals surface area contributed by atoms with E-state index >= 15 is 0 Å². The zero-order valence-corrected chi connectivity index (χ0v) is 17.8. The first-order chi connectivity index (χ1) is 14.8. The van der Waals surface area contributed by atoms with Gasteiger partial charge in [0.15, 0.2) is 11.5 Å². The van der Waals surface area contributed by atoms with Gasteiger partial charge in [-0.05, 0) is 35.7 Å². The number of aromatic nitrogens is 2. The van der Waals surface area contributed by atoms with Crippen molar-refractivity contribution < 1.29 is 23.5 Å². The van der Waals surface area contributed by atoms with Crippen LogP contribution in [0, 0.1) is 12.0 Å². The number of hydrogen-bond donors (Lipinski definition) is 3. The summed E-state index contributed by atoms with van der Waals surface area (Å²) in [7, 11) is -1.60. The van der Waals surface area contributed by atoms with Gasteiger partial charge in [0.25, 0.3) is 0 Å². The lowest BCUT2D eigenvalue weighted by Gasteiger charge is -2.17. The maximum atomic E-state index is 13.0. The molecular weight excluding hydrogens is 419 g/mol. The van der Waals surface area contributed by atoms with E-state index < -0.39 is 7.60 Å². The molecule has 0 spiro atoms. The minimum absolute atomic E-state index is 0.0551. The monoisotopic (exact) mass is 440 g/mol. The second kappa shape index (κ2) is 9.39. The van der Waals surface area contributed by atoms with Gasteiger partial charge in [0.1, 0.15) is 17.2 Å². The van der Waals surface area contributed by atoms with Gasteiger partial charge in [0.2, 0.25) is 5.95 Å². The van der Waals surface area contributed by atoms with Gasteiger partial charge in [-0.25, -0.2) is 9.55 Å². The van der Waals surface area contributed by atoms with Crippen LogP contribution in [0.1, 0.15) is 16.7 Å². The molecule has 0 amide bonds. The molecule has 0 bridgehead atoms. The molecule has 0 aliphatic heterocycles. The summed E-state index contributed by atoms with van der Waals surface area (Å²) < 4.78 is 28.7. The van der Waals surface area contributed by atoms with Crippen LogP contribution in [-0.2, 0) is 15.5 Å². The number of benzene rings is 2. The predicted octanol–water partition coefficient (Wildman–Crippen LogP) is 2.09. The van der Waals surface area contributed by atoms with Gasteiger partial charge in [-0.1, -0.05) is 18.2 Å². The van der Waals surface area contributed by atoms with Crippen LogP contribution in [0.2, 0.25) is 0 Å². The lowest BCUT2D eigenvalue weighted by molar-refractivity contribution is 0.349. The highest BCUT2D eigenvalue weighted by molar-refractivity contribution is 7.61. The summed E-state index contributed by atoms with van der Waals surface area (Å²) in [6.07, 6.45) is 4.05. The Morgan fingerprint density at radius 3 is 2.52 bits per heavy atom. The largest absolute Gasteiger partial charge is 0.493 e. The van der Waals surface area contributed by atoms with Crippen LogP contribution < -0.4 is 26.2 Å². The van der Waals surface area contributed by atoms with E-state index in [0.717, 1.165) is 0 Å². The number of anilines is 2. The van der Waals surface area contributed by atoms with Crippen LogP contribution in [0.4, 0.5) is 11.8 Å². The maximum Gasteiger partial charge on any atom is 0.420 e. The first-order valence-corrected chi connectivity index (χ1v) is 10.6. The molecule has 1 aromatic heterocycles. The van der Waals surface area contributed by atoms with Crippen molar-refractivity contribution in [3.8, 4) is 23.5 Å². The Bertz CT molecular complexity index is 1190. The summed E-state index contributed by atoms with van der Waals surface area (Å²) in [5, 5.41) is -0.0957. The Kier molecular flexibility index (Phi) is 6.65. The van der Waals surface area contributed by atoms with Crippen LogP contribution in [0.5, 0.6) is 11.5 Å². The highest BCUT2D eigenvalue weighted by atomic mass is 31.2. The second-order valence-electron chi connectivity index (χ2n) is 6.37. The topological polar surface area (TPSA) is 143 Å². The Hall–Kier alpha value is -3.73. The number of ether oxygens (including phenoxy) is 2. The number of nitrogens with two attached hydrogens (primary N) is 2. The van der Waals surface area contributed by atoms with Crippen molar-refractivity contribution in [2.75, 3.05) is 25.7 Å². The lowest BCUT2D eigenvalue weighted by Crippen LogP contribution is -2.13. The fraction of sp³-hybridized carbons (Fsp3) is 0.143. The molecule has 5 N–H and O–H groups in total. The van der Waals surface area contributed by atoms with E-state index in [4.69, 9.17) is 25.5 Å².